The zero-order valence-electron chi connectivity index (χ0n) is 10.7. The largest absolute Gasteiger partial charge is 0.399 e. The summed E-state index contributed by atoms with van der Waals surface area (Å²) in [5.41, 5.74) is 10.3. The fourth-order valence-electron chi connectivity index (χ4n) is 2.39. The third-order valence-electron chi connectivity index (χ3n) is 3.57. The molecule has 0 amide bonds. The predicted octanol–water partition coefficient (Wildman–Crippen LogP) is 4.23. The fraction of sp³-hybridized carbons (Fsp3) is 0.125. The van der Waals surface area contributed by atoms with Crippen molar-refractivity contribution in [2.45, 2.75) is 13.5 Å². The molecule has 0 saturated carbocycles. The van der Waals surface area contributed by atoms with Crippen molar-refractivity contribution in [1.82, 2.24) is 4.57 Å². The highest BCUT2D eigenvalue weighted by Crippen LogP contribution is 2.27. The van der Waals surface area contributed by atoms with Gasteiger partial charge in [-0.2, -0.15) is 0 Å². The maximum atomic E-state index is 6.27. The van der Waals surface area contributed by atoms with Gasteiger partial charge in [-0.1, -0.05) is 41.9 Å². The summed E-state index contributed by atoms with van der Waals surface area (Å²) >= 11 is 6.27. The Hall–Kier alpha value is -1.93. The number of fused-ring (bicyclic) bond motifs is 1. The average molecular weight is 271 g/mol. The van der Waals surface area contributed by atoms with E-state index in [4.69, 9.17) is 17.3 Å². The topological polar surface area (TPSA) is 30.9 Å². The van der Waals surface area contributed by atoms with Crippen molar-refractivity contribution in [1.29, 1.82) is 0 Å². The highest BCUT2D eigenvalue weighted by molar-refractivity contribution is 6.35. The van der Waals surface area contributed by atoms with E-state index in [0.29, 0.717) is 0 Å². The van der Waals surface area contributed by atoms with E-state index in [1.807, 2.05) is 36.5 Å². The number of nitrogens with two attached hydrogens (primary N) is 1. The molecule has 0 unspecified atom stereocenters. The number of rotatable bonds is 2. The van der Waals surface area contributed by atoms with Gasteiger partial charge in [0.15, 0.2) is 0 Å². The Labute approximate surface area is 117 Å². The van der Waals surface area contributed by atoms with Crippen LogP contribution in [0.5, 0.6) is 0 Å². The minimum atomic E-state index is 0.782. The molecular formula is C16H15ClN2. The summed E-state index contributed by atoms with van der Waals surface area (Å²) in [6, 6.07) is 14.2. The van der Waals surface area contributed by atoms with Gasteiger partial charge in [0.25, 0.3) is 0 Å². The second-order valence-electron chi connectivity index (χ2n) is 4.75. The lowest BCUT2D eigenvalue weighted by atomic mass is 10.1. The zero-order valence-corrected chi connectivity index (χ0v) is 11.5. The van der Waals surface area contributed by atoms with Crippen molar-refractivity contribution >= 4 is 28.2 Å². The first-order valence-electron chi connectivity index (χ1n) is 6.24. The van der Waals surface area contributed by atoms with Gasteiger partial charge in [-0.05, 0) is 30.2 Å². The lowest BCUT2D eigenvalue weighted by Crippen LogP contribution is -2.02. The summed E-state index contributed by atoms with van der Waals surface area (Å²) in [5.74, 6) is 0. The molecule has 96 valence electrons. The SMILES string of the molecule is Cc1c(N)cccc1Cn1cc(Cl)c2ccccc21. The molecule has 0 fully saturated rings. The predicted molar refractivity (Wildman–Crippen MR) is 81.6 cm³/mol. The molecule has 0 radical (unpaired) electrons. The highest BCUT2D eigenvalue weighted by atomic mass is 35.5. The summed E-state index contributed by atoms with van der Waals surface area (Å²) in [6.07, 6.45) is 1.98. The van der Waals surface area contributed by atoms with Crippen molar-refractivity contribution in [2.75, 3.05) is 5.73 Å². The van der Waals surface area contributed by atoms with E-state index in [1.165, 1.54) is 5.56 Å². The maximum absolute atomic E-state index is 6.27. The Kier molecular flexibility index (Phi) is 2.96. The number of nitrogens with zero attached hydrogens (tertiary/aromatic N) is 1. The van der Waals surface area contributed by atoms with Gasteiger partial charge in [0, 0.05) is 29.3 Å². The van der Waals surface area contributed by atoms with Crippen LogP contribution in [0.4, 0.5) is 5.69 Å². The Morgan fingerprint density at radius 1 is 1.11 bits per heavy atom. The molecule has 3 rings (SSSR count). The second-order valence-corrected chi connectivity index (χ2v) is 5.16. The molecule has 3 aromatic rings. The van der Waals surface area contributed by atoms with Crippen LogP contribution >= 0.6 is 11.6 Å². The van der Waals surface area contributed by atoms with E-state index >= 15 is 0 Å². The quantitative estimate of drug-likeness (QED) is 0.694. The Morgan fingerprint density at radius 2 is 1.89 bits per heavy atom. The van der Waals surface area contributed by atoms with Crippen molar-refractivity contribution in [3.8, 4) is 0 Å². The van der Waals surface area contributed by atoms with Crippen molar-refractivity contribution in [2.24, 2.45) is 0 Å². The monoisotopic (exact) mass is 270 g/mol. The number of hydrogen-bond acceptors (Lipinski definition) is 1. The molecule has 1 heterocycles. The molecular weight excluding hydrogens is 256 g/mol. The van der Waals surface area contributed by atoms with Crippen LogP contribution in [0.15, 0.2) is 48.7 Å². The molecule has 2 nitrogen and oxygen atoms in total. The van der Waals surface area contributed by atoms with Crippen molar-refractivity contribution < 1.29 is 0 Å². The van der Waals surface area contributed by atoms with Crippen molar-refractivity contribution in [3.05, 3.63) is 64.8 Å². The molecule has 3 heteroatoms. The first-order valence-corrected chi connectivity index (χ1v) is 6.62. The smallest absolute Gasteiger partial charge is 0.0661 e. The molecule has 0 atom stereocenters. The summed E-state index contributed by atoms with van der Waals surface area (Å²) < 4.78 is 2.17. The normalized spacial score (nSPS) is 11.1. The zero-order chi connectivity index (χ0) is 13.4. The molecule has 0 saturated heterocycles. The average Bonchev–Trinajstić information content (AvgIpc) is 2.73. The van der Waals surface area contributed by atoms with Crippen LogP contribution in [0.25, 0.3) is 10.9 Å². The van der Waals surface area contributed by atoms with Gasteiger partial charge >= 0.3 is 0 Å². The van der Waals surface area contributed by atoms with Crippen LogP contribution in [0.2, 0.25) is 5.02 Å². The van der Waals surface area contributed by atoms with Gasteiger partial charge < -0.3 is 10.3 Å². The lowest BCUT2D eigenvalue weighted by molar-refractivity contribution is 0.831. The third-order valence-corrected chi connectivity index (χ3v) is 3.87. The van der Waals surface area contributed by atoms with Crippen LogP contribution in [-0.2, 0) is 6.54 Å². The van der Waals surface area contributed by atoms with E-state index in [9.17, 15) is 0 Å². The molecule has 0 aliphatic rings. The minimum Gasteiger partial charge on any atom is -0.399 e. The van der Waals surface area contributed by atoms with Gasteiger partial charge in [-0.15, -0.1) is 0 Å². The van der Waals surface area contributed by atoms with E-state index < -0.39 is 0 Å². The van der Waals surface area contributed by atoms with Crippen LogP contribution in [0.1, 0.15) is 11.1 Å². The van der Waals surface area contributed by atoms with E-state index in [-0.39, 0.29) is 0 Å². The molecule has 0 aliphatic carbocycles. The number of nitrogen functional groups attached to an aromatic ring is 1. The number of aromatic nitrogens is 1. The number of halogens is 1. The Morgan fingerprint density at radius 3 is 2.74 bits per heavy atom. The standard InChI is InChI=1S/C16H15ClN2/c1-11-12(5-4-7-15(11)18)9-19-10-14(17)13-6-2-3-8-16(13)19/h2-8,10H,9,18H2,1H3. The number of anilines is 1. The summed E-state index contributed by atoms with van der Waals surface area (Å²) in [4.78, 5) is 0. The van der Waals surface area contributed by atoms with Gasteiger partial charge in [0.1, 0.15) is 0 Å². The van der Waals surface area contributed by atoms with Gasteiger partial charge in [0.05, 0.1) is 5.02 Å². The van der Waals surface area contributed by atoms with E-state index in [0.717, 1.165) is 33.7 Å². The van der Waals surface area contributed by atoms with E-state index in [1.54, 1.807) is 0 Å². The molecule has 19 heavy (non-hydrogen) atoms. The Bertz CT molecular complexity index is 744. The molecule has 1 aromatic heterocycles. The minimum absolute atomic E-state index is 0.782. The van der Waals surface area contributed by atoms with Gasteiger partial charge in [-0.3, -0.25) is 0 Å². The van der Waals surface area contributed by atoms with Crippen LogP contribution in [0.3, 0.4) is 0 Å². The first-order chi connectivity index (χ1) is 9.16. The molecule has 0 aliphatic heterocycles. The summed E-state index contributed by atoms with van der Waals surface area (Å²) in [6.45, 7) is 2.84. The molecule has 0 spiro atoms. The van der Waals surface area contributed by atoms with E-state index in [2.05, 4.69) is 23.6 Å². The van der Waals surface area contributed by atoms with Crippen molar-refractivity contribution in [3.63, 3.8) is 0 Å². The Balaban J connectivity index is 2.09. The summed E-state index contributed by atoms with van der Waals surface area (Å²) in [7, 11) is 0. The third kappa shape index (κ3) is 2.08. The lowest BCUT2D eigenvalue weighted by Gasteiger charge is -2.10. The molecule has 2 aromatic carbocycles. The molecule has 0 bridgehead atoms. The maximum Gasteiger partial charge on any atom is 0.0661 e. The van der Waals surface area contributed by atoms with Crippen LogP contribution in [0, 0.1) is 6.92 Å². The van der Waals surface area contributed by atoms with Gasteiger partial charge in [-0.25, -0.2) is 0 Å². The van der Waals surface area contributed by atoms with Crippen LogP contribution in [-0.4, -0.2) is 4.57 Å². The first kappa shape index (κ1) is 12.1. The van der Waals surface area contributed by atoms with Gasteiger partial charge in [0.2, 0.25) is 0 Å². The highest BCUT2D eigenvalue weighted by Gasteiger charge is 2.08. The number of para-hydroxylation sites is 1. The van der Waals surface area contributed by atoms with Crippen LogP contribution < -0.4 is 5.73 Å². The second kappa shape index (κ2) is 4.63. The molecule has 2 N–H and O–H groups in total. The summed E-state index contributed by atoms with van der Waals surface area (Å²) in [5, 5.41) is 1.88. The fourth-order valence-corrected chi connectivity index (χ4v) is 2.67. The number of hydrogen-bond donors (Lipinski definition) is 1. The number of benzene rings is 2.